The second kappa shape index (κ2) is 6.16. The summed E-state index contributed by atoms with van der Waals surface area (Å²) >= 11 is 0. The van der Waals surface area contributed by atoms with Crippen LogP contribution < -0.4 is 5.56 Å². The van der Waals surface area contributed by atoms with E-state index in [1.807, 2.05) is 25.1 Å². The Kier molecular flexibility index (Phi) is 3.83. The molecule has 7 heteroatoms. The Morgan fingerprint density at radius 3 is 2.80 bits per heavy atom. The van der Waals surface area contributed by atoms with Crippen LogP contribution in [0.1, 0.15) is 30.7 Å². The lowest BCUT2D eigenvalue weighted by atomic mass is 10.1. The summed E-state index contributed by atoms with van der Waals surface area (Å²) in [6.45, 7) is 2.96. The number of hydrogen-bond donors (Lipinski definition) is 1. The van der Waals surface area contributed by atoms with Crippen molar-refractivity contribution in [3.63, 3.8) is 0 Å². The molecule has 0 atom stereocenters. The highest BCUT2D eigenvalue weighted by molar-refractivity contribution is 5.88. The molecule has 4 rings (SSSR count). The van der Waals surface area contributed by atoms with Crippen molar-refractivity contribution in [3.8, 4) is 11.6 Å². The molecule has 1 N–H and O–H groups in total. The quantitative estimate of drug-likeness (QED) is 0.791. The van der Waals surface area contributed by atoms with E-state index in [-0.39, 0.29) is 17.4 Å². The highest BCUT2D eigenvalue weighted by Crippen LogP contribution is 2.24. The number of aromatic amines is 1. The Morgan fingerprint density at radius 2 is 2.00 bits per heavy atom. The maximum Gasteiger partial charge on any atom is 0.274 e. The van der Waals surface area contributed by atoms with Gasteiger partial charge in [-0.15, -0.1) is 0 Å². The first kappa shape index (κ1) is 15.6. The second-order valence-corrected chi connectivity index (χ2v) is 6.29. The van der Waals surface area contributed by atoms with E-state index in [9.17, 15) is 9.59 Å². The summed E-state index contributed by atoms with van der Waals surface area (Å²) in [4.78, 5) is 33.2. The lowest BCUT2D eigenvalue weighted by Crippen LogP contribution is -2.34. The largest absolute Gasteiger partial charge is 0.335 e. The van der Waals surface area contributed by atoms with Crippen LogP contribution >= 0.6 is 0 Å². The zero-order valence-electron chi connectivity index (χ0n) is 13.9. The molecule has 0 unspecified atom stereocenters. The fourth-order valence-electron chi connectivity index (χ4n) is 3.25. The average molecular weight is 338 g/mol. The van der Waals surface area contributed by atoms with E-state index in [1.165, 1.54) is 0 Å². The van der Waals surface area contributed by atoms with Crippen LogP contribution in [0.3, 0.4) is 0 Å². The van der Waals surface area contributed by atoms with Gasteiger partial charge in [-0.25, -0.2) is 0 Å². The van der Waals surface area contributed by atoms with Crippen molar-refractivity contribution >= 4 is 16.7 Å². The zero-order chi connectivity index (χ0) is 17.4. The molecular weight excluding hydrogens is 320 g/mol. The average Bonchev–Trinajstić information content (AvgIpc) is 3.08. The molecule has 1 saturated heterocycles. The Hall–Kier alpha value is -2.96. The Morgan fingerprint density at radius 1 is 1.20 bits per heavy atom. The van der Waals surface area contributed by atoms with Crippen LogP contribution in [-0.2, 0) is 11.3 Å². The summed E-state index contributed by atoms with van der Waals surface area (Å²) in [7, 11) is 0. The predicted molar refractivity (Wildman–Crippen MR) is 91.9 cm³/mol. The van der Waals surface area contributed by atoms with Crippen molar-refractivity contribution in [3.05, 3.63) is 46.0 Å². The molecule has 0 radical (unpaired) electrons. The number of nitrogens with zero attached hydrogens (tertiary/aromatic N) is 3. The van der Waals surface area contributed by atoms with Crippen LogP contribution in [0.25, 0.3) is 22.4 Å². The highest BCUT2D eigenvalue weighted by atomic mass is 16.5. The molecule has 2 aromatic heterocycles. The van der Waals surface area contributed by atoms with Crippen LogP contribution in [-0.4, -0.2) is 32.5 Å². The molecule has 3 aromatic rings. The van der Waals surface area contributed by atoms with Gasteiger partial charge < -0.3 is 14.4 Å². The third kappa shape index (κ3) is 2.82. The lowest BCUT2D eigenvalue weighted by molar-refractivity contribution is -0.134. The number of carbonyl (C=O) groups excluding carboxylic acids is 1. The van der Waals surface area contributed by atoms with Crippen LogP contribution in [0.4, 0.5) is 0 Å². The number of aromatic nitrogens is 3. The number of nitrogens with one attached hydrogen (secondary N) is 1. The molecule has 1 aliphatic heterocycles. The van der Waals surface area contributed by atoms with E-state index in [1.54, 1.807) is 11.0 Å². The fourth-order valence-corrected chi connectivity index (χ4v) is 3.25. The number of H-pyrrole nitrogens is 1. The maximum atomic E-state index is 12.3. The van der Waals surface area contributed by atoms with Crippen LogP contribution in [0.15, 0.2) is 33.6 Å². The molecule has 0 aliphatic carbocycles. The predicted octanol–water partition coefficient (Wildman–Crippen LogP) is 2.40. The first-order valence-electron chi connectivity index (χ1n) is 8.36. The van der Waals surface area contributed by atoms with E-state index in [4.69, 9.17) is 4.52 Å². The molecule has 0 bridgehead atoms. The molecule has 1 amide bonds. The van der Waals surface area contributed by atoms with E-state index < -0.39 is 0 Å². The minimum absolute atomic E-state index is 0.118. The highest BCUT2D eigenvalue weighted by Gasteiger charge is 2.21. The van der Waals surface area contributed by atoms with E-state index >= 15 is 0 Å². The van der Waals surface area contributed by atoms with E-state index in [0.717, 1.165) is 23.8 Å². The summed E-state index contributed by atoms with van der Waals surface area (Å²) in [6.07, 6.45) is 2.50. The molecule has 128 valence electrons. The SMILES string of the molecule is Cc1c(-c2nc(CN3CCCCC3=O)no2)[nH]c(=O)c2ccccc12. The van der Waals surface area contributed by atoms with Gasteiger partial charge in [-0.1, -0.05) is 23.4 Å². The molecule has 7 nitrogen and oxygen atoms in total. The molecule has 1 aromatic carbocycles. The van der Waals surface area contributed by atoms with Gasteiger partial charge in [0.2, 0.25) is 5.91 Å². The van der Waals surface area contributed by atoms with Gasteiger partial charge in [-0.3, -0.25) is 9.59 Å². The number of rotatable bonds is 3. The van der Waals surface area contributed by atoms with Crippen molar-refractivity contribution in [1.82, 2.24) is 20.0 Å². The molecule has 0 saturated carbocycles. The number of aryl methyl sites for hydroxylation is 1. The lowest BCUT2D eigenvalue weighted by Gasteiger charge is -2.25. The van der Waals surface area contributed by atoms with Gasteiger partial charge in [-0.05, 0) is 36.8 Å². The third-order valence-electron chi connectivity index (χ3n) is 4.62. The van der Waals surface area contributed by atoms with Gasteiger partial charge in [0.05, 0.1) is 6.54 Å². The van der Waals surface area contributed by atoms with Crippen LogP contribution in [0.2, 0.25) is 0 Å². The summed E-state index contributed by atoms with van der Waals surface area (Å²) in [5.41, 5.74) is 1.20. The van der Waals surface area contributed by atoms with Gasteiger partial charge in [0, 0.05) is 18.4 Å². The Bertz CT molecular complexity index is 1000. The standard InChI is InChI=1S/C18H18N4O3/c1-11-12-6-2-3-7-13(12)17(24)20-16(11)18-19-14(21-25-18)10-22-9-5-4-8-15(22)23/h2-3,6-7H,4-5,8-10H2,1H3,(H,20,24). The third-order valence-corrected chi connectivity index (χ3v) is 4.62. The van der Waals surface area contributed by atoms with Gasteiger partial charge in [0.15, 0.2) is 5.82 Å². The van der Waals surface area contributed by atoms with Crippen molar-refractivity contribution in [2.45, 2.75) is 32.7 Å². The second-order valence-electron chi connectivity index (χ2n) is 6.29. The Labute approximate surface area is 143 Å². The first-order chi connectivity index (χ1) is 12.1. The molecule has 25 heavy (non-hydrogen) atoms. The van der Waals surface area contributed by atoms with E-state index in [2.05, 4.69) is 15.1 Å². The maximum absolute atomic E-state index is 12.3. The van der Waals surface area contributed by atoms with Gasteiger partial charge in [0.25, 0.3) is 11.4 Å². The smallest absolute Gasteiger partial charge is 0.274 e. The van der Waals surface area contributed by atoms with Crippen molar-refractivity contribution < 1.29 is 9.32 Å². The molecular formula is C18H18N4O3. The van der Waals surface area contributed by atoms with Crippen molar-refractivity contribution in [2.75, 3.05) is 6.54 Å². The van der Waals surface area contributed by atoms with E-state index in [0.29, 0.717) is 36.4 Å². The topological polar surface area (TPSA) is 92.1 Å². The number of hydrogen-bond acceptors (Lipinski definition) is 5. The molecule has 1 aliphatic rings. The van der Waals surface area contributed by atoms with Crippen molar-refractivity contribution in [2.24, 2.45) is 0 Å². The monoisotopic (exact) mass is 338 g/mol. The summed E-state index contributed by atoms with van der Waals surface area (Å²) < 4.78 is 5.34. The van der Waals surface area contributed by atoms with Crippen LogP contribution in [0, 0.1) is 6.92 Å². The number of benzene rings is 1. The minimum atomic E-state index is -0.192. The van der Waals surface area contributed by atoms with Crippen LogP contribution in [0.5, 0.6) is 0 Å². The number of carbonyl (C=O) groups is 1. The number of likely N-dealkylation sites (tertiary alicyclic amines) is 1. The first-order valence-corrected chi connectivity index (χ1v) is 8.36. The number of amides is 1. The summed E-state index contributed by atoms with van der Waals surface area (Å²) in [5, 5.41) is 5.45. The van der Waals surface area contributed by atoms with Crippen molar-refractivity contribution in [1.29, 1.82) is 0 Å². The Balaban J connectivity index is 1.68. The molecule has 1 fully saturated rings. The van der Waals surface area contributed by atoms with Gasteiger partial charge >= 0.3 is 0 Å². The van der Waals surface area contributed by atoms with Gasteiger partial charge in [-0.2, -0.15) is 4.98 Å². The number of fused-ring (bicyclic) bond motifs is 1. The van der Waals surface area contributed by atoms with Gasteiger partial charge in [0.1, 0.15) is 5.69 Å². The fraction of sp³-hybridized carbons (Fsp3) is 0.333. The zero-order valence-corrected chi connectivity index (χ0v) is 13.9. The summed E-state index contributed by atoms with van der Waals surface area (Å²) in [6, 6.07) is 7.40. The minimum Gasteiger partial charge on any atom is -0.335 e. The normalized spacial score (nSPS) is 15.1. The number of piperidine rings is 1. The molecule has 0 spiro atoms. The summed E-state index contributed by atoms with van der Waals surface area (Å²) in [5.74, 6) is 0.825. The molecule has 3 heterocycles. The number of pyridine rings is 1.